The van der Waals surface area contributed by atoms with Gasteiger partial charge in [0.2, 0.25) is 11.7 Å². The van der Waals surface area contributed by atoms with Crippen LogP contribution in [0.4, 0.5) is 0 Å². The fourth-order valence-corrected chi connectivity index (χ4v) is 2.90. The van der Waals surface area contributed by atoms with Crippen LogP contribution in [-0.4, -0.2) is 24.2 Å². The number of oxazole rings is 1. The van der Waals surface area contributed by atoms with E-state index in [-0.39, 0.29) is 11.5 Å². The highest BCUT2D eigenvalue weighted by atomic mass is 16.5. The Kier molecular flexibility index (Phi) is 4.08. The SMILES string of the molecule is COc1cc(C=O)cc2cc(C(=O)c3nc(-c4ccccc4)oc3C)oc12. The first kappa shape index (κ1) is 16.8. The molecule has 0 unspecified atom stereocenters. The summed E-state index contributed by atoms with van der Waals surface area (Å²) < 4.78 is 16.6. The number of fused-ring (bicyclic) bond motifs is 1. The summed E-state index contributed by atoms with van der Waals surface area (Å²) in [6, 6.07) is 14.1. The maximum absolute atomic E-state index is 12.9. The first-order valence-electron chi connectivity index (χ1n) is 8.25. The van der Waals surface area contributed by atoms with Crippen molar-refractivity contribution >= 4 is 23.0 Å². The van der Waals surface area contributed by atoms with Gasteiger partial charge in [0.15, 0.2) is 22.8 Å². The molecule has 2 aromatic heterocycles. The number of aryl methyl sites for hydroxylation is 1. The number of furan rings is 1. The molecule has 134 valence electrons. The standard InChI is InChI=1S/C21H15NO5/c1-12-18(22-21(26-12)14-6-4-3-5-7-14)19(24)16-10-15-8-13(11-23)9-17(25-2)20(15)27-16/h3-11H,1-2H3. The van der Waals surface area contributed by atoms with Crippen LogP contribution in [0.1, 0.15) is 32.4 Å². The third kappa shape index (κ3) is 2.91. The molecular weight excluding hydrogens is 346 g/mol. The highest BCUT2D eigenvalue weighted by molar-refractivity contribution is 6.09. The minimum Gasteiger partial charge on any atom is -0.493 e. The van der Waals surface area contributed by atoms with Gasteiger partial charge in [0.05, 0.1) is 7.11 Å². The Morgan fingerprint density at radius 1 is 1.11 bits per heavy atom. The van der Waals surface area contributed by atoms with E-state index in [2.05, 4.69) is 4.98 Å². The Morgan fingerprint density at radius 3 is 2.59 bits per heavy atom. The first-order chi connectivity index (χ1) is 13.1. The molecule has 4 rings (SSSR count). The monoisotopic (exact) mass is 361 g/mol. The number of benzene rings is 2. The number of hydrogen-bond acceptors (Lipinski definition) is 6. The summed E-state index contributed by atoms with van der Waals surface area (Å²) in [5, 5.41) is 0.601. The maximum atomic E-state index is 12.9. The fraction of sp³-hybridized carbons (Fsp3) is 0.0952. The number of carbonyl (C=O) groups is 2. The molecular formula is C21H15NO5. The fourth-order valence-electron chi connectivity index (χ4n) is 2.90. The van der Waals surface area contributed by atoms with Crippen LogP contribution in [0.25, 0.3) is 22.4 Å². The van der Waals surface area contributed by atoms with Gasteiger partial charge in [0, 0.05) is 16.5 Å². The molecule has 0 saturated carbocycles. The van der Waals surface area contributed by atoms with Gasteiger partial charge in [-0.05, 0) is 37.3 Å². The van der Waals surface area contributed by atoms with Crippen molar-refractivity contribution in [2.75, 3.05) is 7.11 Å². The zero-order chi connectivity index (χ0) is 19.0. The van der Waals surface area contributed by atoms with E-state index < -0.39 is 5.78 Å². The summed E-state index contributed by atoms with van der Waals surface area (Å²) in [7, 11) is 1.47. The van der Waals surface area contributed by atoms with E-state index >= 15 is 0 Å². The van der Waals surface area contributed by atoms with Gasteiger partial charge in [-0.1, -0.05) is 18.2 Å². The van der Waals surface area contributed by atoms with Gasteiger partial charge in [0.1, 0.15) is 12.0 Å². The van der Waals surface area contributed by atoms with Crippen molar-refractivity contribution in [3.05, 3.63) is 71.3 Å². The molecule has 0 N–H and O–H groups in total. The number of rotatable bonds is 5. The quantitative estimate of drug-likeness (QED) is 0.386. The highest BCUT2D eigenvalue weighted by Crippen LogP contribution is 2.32. The Morgan fingerprint density at radius 2 is 1.89 bits per heavy atom. The van der Waals surface area contributed by atoms with E-state index in [1.165, 1.54) is 7.11 Å². The van der Waals surface area contributed by atoms with Crippen LogP contribution in [0.3, 0.4) is 0 Å². The van der Waals surface area contributed by atoms with Gasteiger partial charge < -0.3 is 13.6 Å². The molecule has 27 heavy (non-hydrogen) atoms. The number of nitrogens with zero attached hydrogens (tertiary/aromatic N) is 1. The second-order valence-corrected chi connectivity index (χ2v) is 5.99. The molecule has 0 amide bonds. The Hall–Kier alpha value is -3.67. The highest BCUT2D eigenvalue weighted by Gasteiger charge is 2.23. The van der Waals surface area contributed by atoms with Crippen molar-refractivity contribution in [3.8, 4) is 17.2 Å². The average molecular weight is 361 g/mol. The Bertz CT molecular complexity index is 1150. The molecule has 0 saturated heterocycles. The van der Waals surface area contributed by atoms with Crippen LogP contribution >= 0.6 is 0 Å². The van der Waals surface area contributed by atoms with Crippen LogP contribution < -0.4 is 4.74 Å². The number of aldehydes is 1. The van der Waals surface area contributed by atoms with Crippen molar-refractivity contribution < 1.29 is 23.2 Å². The average Bonchev–Trinajstić information content (AvgIpc) is 3.31. The number of ether oxygens (including phenoxy) is 1. The minimum atomic E-state index is -0.399. The third-order valence-electron chi connectivity index (χ3n) is 4.22. The lowest BCUT2D eigenvalue weighted by atomic mass is 10.1. The third-order valence-corrected chi connectivity index (χ3v) is 4.22. The van der Waals surface area contributed by atoms with Gasteiger partial charge in [-0.15, -0.1) is 0 Å². The predicted molar refractivity (Wildman–Crippen MR) is 98.3 cm³/mol. The summed E-state index contributed by atoms with van der Waals surface area (Å²) >= 11 is 0. The molecule has 4 aromatic rings. The second-order valence-electron chi connectivity index (χ2n) is 5.99. The number of carbonyl (C=O) groups excluding carboxylic acids is 2. The van der Waals surface area contributed by atoms with Gasteiger partial charge >= 0.3 is 0 Å². The zero-order valence-corrected chi connectivity index (χ0v) is 14.7. The second kappa shape index (κ2) is 6.57. The van der Waals surface area contributed by atoms with E-state index in [1.807, 2.05) is 30.3 Å². The lowest BCUT2D eigenvalue weighted by Gasteiger charge is -2.01. The Balaban J connectivity index is 1.77. The van der Waals surface area contributed by atoms with Crippen molar-refractivity contribution in [1.82, 2.24) is 4.98 Å². The van der Waals surface area contributed by atoms with Crippen molar-refractivity contribution in [2.45, 2.75) is 6.92 Å². The minimum absolute atomic E-state index is 0.0994. The Labute approximate surface area is 154 Å². The molecule has 0 aliphatic heterocycles. The van der Waals surface area contributed by atoms with Gasteiger partial charge in [0.25, 0.3) is 0 Å². The molecule has 0 spiro atoms. The predicted octanol–water partition coefficient (Wildman–Crippen LogP) is 4.45. The molecule has 0 radical (unpaired) electrons. The van der Waals surface area contributed by atoms with E-state index in [1.54, 1.807) is 25.1 Å². The maximum Gasteiger partial charge on any atom is 0.250 e. The molecule has 0 aliphatic rings. The number of ketones is 1. The van der Waals surface area contributed by atoms with E-state index in [0.29, 0.717) is 40.2 Å². The van der Waals surface area contributed by atoms with Gasteiger partial charge in [-0.25, -0.2) is 4.98 Å². The van der Waals surface area contributed by atoms with Crippen LogP contribution in [0.15, 0.2) is 57.4 Å². The first-order valence-corrected chi connectivity index (χ1v) is 8.25. The summed E-state index contributed by atoms with van der Waals surface area (Å²) in [6.07, 6.45) is 0.713. The number of aromatic nitrogens is 1. The van der Waals surface area contributed by atoms with Crippen molar-refractivity contribution in [2.24, 2.45) is 0 Å². The van der Waals surface area contributed by atoms with Crippen molar-refractivity contribution in [3.63, 3.8) is 0 Å². The van der Waals surface area contributed by atoms with Crippen LogP contribution in [0.2, 0.25) is 0 Å². The molecule has 0 aliphatic carbocycles. The summed E-state index contributed by atoms with van der Waals surface area (Å²) in [5.74, 6) is 0.857. The summed E-state index contributed by atoms with van der Waals surface area (Å²) in [6.45, 7) is 1.68. The molecule has 2 heterocycles. The van der Waals surface area contributed by atoms with Crippen LogP contribution in [0.5, 0.6) is 5.75 Å². The molecule has 0 atom stereocenters. The van der Waals surface area contributed by atoms with E-state index in [0.717, 1.165) is 5.56 Å². The number of methoxy groups -OCH3 is 1. The summed E-state index contributed by atoms with van der Waals surface area (Å²) in [4.78, 5) is 28.3. The topological polar surface area (TPSA) is 82.5 Å². The van der Waals surface area contributed by atoms with Crippen molar-refractivity contribution in [1.29, 1.82) is 0 Å². The molecule has 6 nitrogen and oxygen atoms in total. The molecule has 6 heteroatoms. The van der Waals surface area contributed by atoms with Gasteiger partial charge in [-0.2, -0.15) is 0 Å². The molecule has 0 bridgehead atoms. The van der Waals surface area contributed by atoms with Gasteiger partial charge in [-0.3, -0.25) is 9.59 Å². The molecule has 0 fully saturated rings. The number of hydrogen-bond donors (Lipinski definition) is 0. The molecule has 2 aromatic carbocycles. The summed E-state index contributed by atoms with van der Waals surface area (Å²) in [5.41, 5.74) is 1.79. The zero-order valence-electron chi connectivity index (χ0n) is 14.7. The lowest BCUT2D eigenvalue weighted by molar-refractivity contribution is 0.100. The van der Waals surface area contributed by atoms with Crippen LogP contribution in [0, 0.1) is 6.92 Å². The van der Waals surface area contributed by atoms with E-state index in [4.69, 9.17) is 13.6 Å². The van der Waals surface area contributed by atoms with Crippen LogP contribution in [-0.2, 0) is 0 Å². The lowest BCUT2D eigenvalue weighted by Crippen LogP contribution is -2.02. The smallest absolute Gasteiger partial charge is 0.250 e. The normalized spacial score (nSPS) is 10.9. The largest absolute Gasteiger partial charge is 0.493 e. The van der Waals surface area contributed by atoms with E-state index in [9.17, 15) is 9.59 Å².